The van der Waals surface area contributed by atoms with Gasteiger partial charge in [-0.25, -0.2) is 0 Å². The Morgan fingerprint density at radius 3 is 2.54 bits per heavy atom. The number of nitrogens with one attached hydrogen (secondary N) is 1. The Morgan fingerprint density at radius 2 is 1.92 bits per heavy atom. The van der Waals surface area contributed by atoms with Crippen LogP contribution in [0.15, 0.2) is 24.3 Å². The minimum absolute atomic E-state index is 0.0314. The summed E-state index contributed by atoms with van der Waals surface area (Å²) in [4.78, 5) is 12.6. The summed E-state index contributed by atoms with van der Waals surface area (Å²) in [6, 6.07) is 7.93. The number of hydrogen-bond acceptors (Lipinski definition) is 3. The Bertz CT molecular complexity index is 549. The van der Waals surface area contributed by atoms with Crippen LogP contribution in [-0.2, 0) is 16.1 Å². The van der Waals surface area contributed by atoms with E-state index >= 15 is 0 Å². The second-order valence-electron chi connectivity index (χ2n) is 7.13. The van der Waals surface area contributed by atoms with Crippen molar-refractivity contribution in [1.82, 2.24) is 5.32 Å². The number of carbonyl (C=O) groups excluding carboxylic acids is 1. The smallest absolute Gasteiger partial charge is 0.251 e. The summed E-state index contributed by atoms with van der Waals surface area (Å²) in [5.41, 5.74) is 1.97. The van der Waals surface area contributed by atoms with E-state index in [1.165, 1.54) is 32.1 Å². The molecule has 4 heteroatoms. The highest BCUT2D eigenvalue weighted by Gasteiger charge is 2.56. The average molecular weight is 331 g/mol. The molecule has 4 nitrogen and oxygen atoms in total. The van der Waals surface area contributed by atoms with Gasteiger partial charge in [0.2, 0.25) is 0 Å². The fourth-order valence-corrected chi connectivity index (χ4v) is 4.43. The molecule has 1 N–H and O–H groups in total. The van der Waals surface area contributed by atoms with Gasteiger partial charge in [-0.2, -0.15) is 0 Å². The van der Waals surface area contributed by atoms with Crippen molar-refractivity contribution in [3.05, 3.63) is 35.4 Å². The molecule has 1 amide bonds. The van der Waals surface area contributed by atoms with Gasteiger partial charge in [0.25, 0.3) is 5.91 Å². The Hall–Kier alpha value is -1.39. The molecule has 0 bridgehead atoms. The van der Waals surface area contributed by atoms with Crippen LogP contribution in [0.1, 0.15) is 61.4 Å². The molecule has 2 fully saturated rings. The molecule has 2 aliphatic carbocycles. The first-order valence-electron chi connectivity index (χ1n) is 9.20. The summed E-state index contributed by atoms with van der Waals surface area (Å²) >= 11 is 0. The number of methoxy groups -OCH3 is 1. The van der Waals surface area contributed by atoms with E-state index in [4.69, 9.17) is 9.47 Å². The predicted octanol–water partition coefficient (Wildman–Crippen LogP) is 3.69. The second-order valence-corrected chi connectivity index (χ2v) is 7.13. The molecule has 1 spiro atoms. The van der Waals surface area contributed by atoms with Gasteiger partial charge in [-0.05, 0) is 43.9 Å². The molecule has 0 saturated heterocycles. The lowest BCUT2D eigenvalue weighted by Gasteiger charge is -2.57. The maximum Gasteiger partial charge on any atom is 0.251 e. The monoisotopic (exact) mass is 331 g/mol. The normalized spacial score (nSPS) is 25.2. The van der Waals surface area contributed by atoms with Gasteiger partial charge in [0, 0.05) is 30.7 Å². The van der Waals surface area contributed by atoms with Crippen molar-refractivity contribution in [1.29, 1.82) is 0 Å². The van der Waals surface area contributed by atoms with Crippen LogP contribution in [0.2, 0.25) is 0 Å². The van der Waals surface area contributed by atoms with Gasteiger partial charge in [-0.15, -0.1) is 0 Å². The lowest BCUT2D eigenvalue weighted by molar-refractivity contribution is -0.146. The molecule has 0 aliphatic heterocycles. The number of benzene rings is 1. The molecule has 0 radical (unpaired) electrons. The van der Waals surface area contributed by atoms with Gasteiger partial charge in [0.1, 0.15) is 0 Å². The number of amides is 1. The number of hydrogen-bond donors (Lipinski definition) is 1. The van der Waals surface area contributed by atoms with Crippen LogP contribution in [0.4, 0.5) is 0 Å². The maximum atomic E-state index is 12.6. The molecular weight excluding hydrogens is 302 g/mol. The molecule has 0 aromatic heterocycles. The summed E-state index contributed by atoms with van der Waals surface area (Å²) in [6.07, 6.45) is 7.43. The highest BCUT2D eigenvalue weighted by atomic mass is 16.5. The highest BCUT2D eigenvalue weighted by molar-refractivity contribution is 5.94. The molecule has 2 aliphatic rings. The van der Waals surface area contributed by atoms with E-state index in [0.29, 0.717) is 12.7 Å². The molecule has 2 saturated carbocycles. The zero-order valence-electron chi connectivity index (χ0n) is 14.8. The van der Waals surface area contributed by atoms with Crippen LogP contribution in [-0.4, -0.2) is 31.8 Å². The van der Waals surface area contributed by atoms with Crippen molar-refractivity contribution in [2.45, 2.75) is 64.2 Å². The molecule has 0 heterocycles. The molecule has 132 valence electrons. The summed E-state index contributed by atoms with van der Waals surface area (Å²) < 4.78 is 11.1. The van der Waals surface area contributed by atoms with Crippen LogP contribution in [0.3, 0.4) is 0 Å². The Kier molecular flexibility index (Phi) is 5.57. The summed E-state index contributed by atoms with van der Waals surface area (Å²) in [6.45, 7) is 3.39. The van der Waals surface area contributed by atoms with E-state index in [-0.39, 0.29) is 17.4 Å². The summed E-state index contributed by atoms with van der Waals surface area (Å²) in [5, 5.41) is 3.28. The van der Waals surface area contributed by atoms with Gasteiger partial charge in [-0.3, -0.25) is 4.79 Å². The van der Waals surface area contributed by atoms with Gasteiger partial charge in [0.05, 0.1) is 12.7 Å². The van der Waals surface area contributed by atoms with E-state index in [0.717, 1.165) is 24.2 Å². The molecule has 3 rings (SSSR count). The van der Waals surface area contributed by atoms with Gasteiger partial charge in [-0.1, -0.05) is 31.4 Å². The minimum Gasteiger partial charge on any atom is -0.380 e. The zero-order valence-corrected chi connectivity index (χ0v) is 14.8. The van der Waals surface area contributed by atoms with Crippen molar-refractivity contribution in [3.63, 3.8) is 0 Å². The largest absolute Gasteiger partial charge is 0.380 e. The lowest BCUT2D eigenvalue weighted by Crippen LogP contribution is -2.65. The number of carbonyl (C=O) groups is 1. The van der Waals surface area contributed by atoms with Crippen molar-refractivity contribution >= 4 is 5.91 Å². The van der Waals surface area contributed by atoms with E-state index in [1.54, 1.807) is 7.11 Å². The van der Waals surface area contributed by atoms with Crippen molar-refractivity contribution < 1.29 is 14.3 Å². The van der Waals surface area contributed by atoms with E-state index in [2.05, 4.69) is 12.2 Å². The van der Waals surface area contributed by atoms with Crippen LogP contribution in [0, 0.1) is 5.41 Å². The van der Waals surface area contributed by atoms with Crippen molar-refractivity contribution in [3.8, 4) is 0 Å². The van der Waals surface area contributed by atoms with Gasteiger partial charge >= 0.3 is 0 Å². The molecule has 2 atom stereocenters. The van der Waals surface area contributed by atoms with Gasteiger partial charge < -0.3 is 14.8 Å². The van der Waals surface area contributed by atoms with Crippen molar-refractivity contribution in [2.24, 2.45) is 5.41 Å². The third kappa shape index (κ3) is 3.35. The quantitative estimate of drug-likeness (QED) is 0.865. The standard InChI is InChI=1S/C20H29NO3/c1-3-24-18-13-17(20(18)11-5-4-6-12-20)21-19(22)16-9-7-15(8-10-16)14-23-2/h7-10,17-18H,3-6,11-14H2,1-2H3,(H,21,22)/t17-,18+/m0/s1. The lowest BCUT2D eigenvalue weighted by atomic mass is 9.55. The SMILES string of the molecule is CCO[C@@H]1C[C@H](NC(=O)c2ccc(COC)cc2)C12CCCCC2. The second kappa shape index (κ2) is 7.66. The Morgan fingerprint density at radius 1 is 1.21 bits per heavy atom. The molecule has 0 unspecified atom stereocenters. The predicted molar refractivity (Wildman–Crippen MR) is 94.0 cm³/mol. The first-order chi connectivity index (χ1) is 11.7. The maximum absolute atomic E-state index is 12.6. The first-order valence-corrected chi connectivity index (χ1v) is 9.20. The van der Waals surface area contributed by atoms with Gasteiger partial charge in [0.15, 0.2) is 0 Å². The fraction of sp³-hybridized carbons (Fsp3) is 0.650. The minimum atomic E-state index is 0.0314. The molecule has 24 heavy (non-hydrogen) atoms. The first kappa shape index (κ1) is 17.4. The van der Waals surface area contributed by atoms with Crippen LogP contribution >= 0.6 is 0 Å². The summed E-state index contributed by atoms with van der Waals surface area (Å²) in [5.74, 6) is 0.0314. The third-order valence-electron chi connectivity index (χ3n) is 5.77. The number of rotatable bonds is 6. The molecular formula is C20H29NO3. The van der Waals surface area contributed by atoms with Crippen molar-refractivity contribution in [2.75, 3.05) is 13.7 Å². The zero-order chi connectivity index (χ0) is 17.0. The Balaban J connectivity index is 1.65. The van der Waals surface area contributed by atoms with E-state index in [1.807, 2.05) is 24.3 Å². The molecule has 1 aromatic rings. The van der Waals surface area contributed by atoms with E-state index < -0.39 is 0 Å². The average Bonchev–Trinajstić information content (AvgIpc) is 2.62. The third-order valence-corrected chi connectivity index (χ3v) is 5.77. The highest BCUT2D eigenvalue weighted by Crippen LogP contribution is 2.53. The van der Waals surface area contributed by atoms with E-state index in [9.17, 15) is 4.79 Å². The number of ether oxygens (including phenoxy) is 2. The topological polar surface area (TPSA) is 47.6 Å². The van der Waals surface area contributed by atoms with Crippen LogP contribution in [0.5, 0.6) is 0 Å². The van der Waals surface area contributed by atoms with Crippen LogP contribution < -0.4 is 5.32 Å². The summed E-state index contributed by atoms with van der Waals surface area (Å²) in [7, 11) is 1.68. The molecule has 1 aromatic carbocycles. The van der Waals surface area contributed by atoms with Crippen LogP contribution in [0.25, 0.3) is 0 Å². The Labute approximate surface area is 144 Å². The fourth-order valence-electron chi connectivity index (χ4n) is 4.43.